The van der Waals surface area contributed by atoms with Gasteiger partial charge >= 0.3 is 6.03 Å². The summed E-state index contributed by atoms with van der Waals surface area (Å²) < 4.78 is 31.3. The van der Waals surface area contributed by atoms with E-state index in [0.717, 1.165) is 30.1 Å². The van der Waals surface area contributed by atoms with Gasteiger partial charge in [-0.25, -0.2) is 18.2 Å². The largest absolute Gasteiger partial charge is 0.378 e. The number of carbonyl (C=O) groups is 1. The number of urea groups is 1. The van der Waals surface area contributed by atoms with Crippen LogP contribution in [-0.4, -0.2) is 62.2 Å². The van der Waals surface area contributed by atoms with Crippen molar-refractivity contribution < 1.29 is 17.9 Å². The van der Waals surface area contributed by atoms with Crippen molar-refractivity contribution >= 4 is 21.7 Å². The average Bonchev–Trinajstić information content (AvgIpc) is 3.33. The molecule has 1 fully saturated rings. The van der Waals surface area contributed by atoms with Gasteiger partial charge in [-0.15, -0.1) is 0 Å². The number of nitrogens with one attached hydrogen (secondary N) is 2. The molecule has 0 saturated carbocycles. The number of hydrogen-bond donors (Lipinski definition) is 2. The Labute approximate surface area is 197 Å². The fourth-order valence-corrected chi connectivity index (χ4v) is 5.01. The summed E-state index contributed by atoms with van der Waals surface area (Å²) in [6.45, 7) is 3.37. The van der Waals surface area contributed by atoms with Gasteiger partial charge in [0.2, 0.25) is 9.84 Å². The second-order valence-electron chi connectivity index (χ2n) is 7.98. The summed E-state index contributed by atoms with van der Waals surface area (Å²) in [4.78, 5) is 24.9. The van der Waals surface area contributed by atoms with Crippen LogP contribution in [-0.2, 0) is 21.1 Å². The number of morpholine rings is 1. The number of dihydropyridines is 1. The molecule has 5 rings (SSSR count). The number of fused-ring (bicyclic) bond motifs is 1. The Balaban J connectivity index is 1.21. The number of nitrogens with zero attached hydrogens (tertiary/aromatic N) is 4. The lowest BCUT2D eigenvalue weighted by atomic mass is 10.1. The summed E-state index contributed by atoms with van der Waals surface area (Å²) in [5, 5.41) is 5.82. The zero-order valence-corrected chi connectivity index (χ0v) is 19.2. The van der Waals surface area contributed by atoms with Crippen molar-refractivity contribution in [2.24, 2.45) is 0 Å². The molecule has 0 atom stereocenters. The van der Waals surface area contributed by atoms with Crippen molar-refractivity contribution in [2.45, 2.75) is 16.3 Å². The lowest BCUT2D eigenvalue weighted by Crippen LogP contribution is -2.36. The molecule has 3 aliphatic rings. The van der Waals surface area contributed by atoms with E-state index >= 15 is 0 Å². The summed E-state index contributed by atoms with van der Waals surface area (Å²) in [6, 6.07) is 6.11. The molecule has 34 heavy (non-hydrogen) atoms. The first-order chi connectivity index (χ1) is 16.5. The molecule has 3 aliphatic heterocycles. The van der Waals surface area contributed by atoms with Crippen LogP contribution in [0, 0.1) is 0 Å². The van der Waals surface area contributed by atoms with E-state index in [9.17, 15) is 13.2 Å². The number of sulfone groups is 1. The molecule has 1 saturated heterocycles. The summed E-state index contributed by atoms with van der Waals surface area (Å²) in [7, 11) is -3.75. The van der Waals surface area contributed by atoms with E-state index in [1.807, 2.05) is 18.5 Å². The summed E-state index contributed by atoms with van der Waals surface area (Å²) in [6.07, 6.45) is 10.1. The molecule has 176 valence electrons. The van der Waals surface area contributed by atoms with E-state index in [-0.39, 0.29) is 22.4 Å². The second-order valence-corrected chi connectivity index (χ2v) is 9.93. The number of hydrogen-bond acceptors (Lipinski definition) is 8. The van der Waals surface area contributed by atoms with E-state index in [2.05, 4.69) is 25.5 Å². The van der Waals surface area contributed by atoms with Gasteiger partial charge in [-0.2, -0.15) is 0 Å². The minimum absolute atomic E-state index is 0.0723. The number of allylic oxidation sites excluding steroid dienone is 1. The second kappa shape index (κ2) is 9.27. The molecule has 10 nitrogen and oxygen atoms in total. The van der Waals surface area contributed by atoms with Gasteiger partial charge in [-0.05, 0) is 41.5 Å². The quantitative estimate of drug-likeness (QED) is 0.662. The van der Waals surface area contributed by atoms with Crippen LogP contribution in [0.25, 0.3) is 0 Å². The fraction of sp³-hybridized carbons (Fsp3) is 0.261. The van der Waals surface area contributed by atoms with E-state index in [1.165, 1.54) is 18.5 Å². The van der Waals surface area contributed by atoms with Crippen molar-refractivity contribution in [1.29, 1.82) is 0 Å². The maximum atomic E-state index is 13.0. The third-order valence-electron chi connectivity index (χ3n) is 5.78. The highest BCUT2D eigenvalue weighted by Gasteiger charge is 2.23. The Kier molecular flexibility index (Phi) is 6.03. The predicted octanol–water partition coefficient (Wildman–Crippen LogP) is 1.56. The van der Waals surface area contributed by atoms with Crippen molar-refractivity contribution in [3.05, 3.63) is 78.2 Å². The van der Waals surface area contributed by atoms with Crippen LogP contribution in [0.1, 0.15) is 5.69 Å². The Morgan fingerprint density at radius 1 is 1.09 bits per heavy atom. The van der Waals surface area contributed by atoms with Crippen LogP contribution < -0.4 is 15.5 Å². The molecule has 0 bridgehead atoms. The number of ether oxygens (including phenoxy) is 1. The summed E-state index contributed by atoms with van der Waals surface area (Å²) in [5.41, 5.74) is 2.59. The standard InChI is InChI=1S/C23H24N6O4S/c30-23(29-15-17-5-6-24-11-18(17)16-29)27-12-19-1-2-20(13-25-19)34(31,32)21-3-4-22(26-14-21)28-7-9-33-10-8-28/h1-6,11,13-15,24H,7-10,12,16H2,(H,27,30). The summed E-state index contributed by atoms with van der Waals surface area (Å²) in [5.74, 6) is 0.725. The number of anilines is 1. The van der Waals surface area contributed by atoms with Crippen LogP contribution in [0.4, 0.5) is 10.6 Å². The van der Waals surface area contributed by atoms with E-state index in [1.54, 1.807) is 29.3 Å². The highest BCUT2D eigenvalue weighted by Crippen LogP contribution is 2.24. The van der Waals surface area contributed by atoms with Gasteiger partial charge in [0.1, 0.15) is 5.82 Å². The molecule has 2 aromatic rings. The molecule has 2 aromatic heterocycles. The summed E-state index contributed by atoms with van der Waals surface area (Å²) >= 11 is 0. The molecular formula is C23H24N6O4S. The number of amides is 2. The molecule has 2 amide bonds. The highest BCUT2D eigenvalue weighted by atomic mass is 32.2. The minimum Gasteiger partial charge on any atom is -0.378 e. The molecular weight excluding hydrogens is 456 g/mol. The van der Waals surface area contributed by atoms with Crippen LogP contribution >= 0.6 is 0 Å². The fourth-order valence-electron chi connectivity index (χ4n) is 3.86. The Morgan fingerprint density at radius 2 is 1.85 bits per heavy atom. The Hall–Kier alpha value is -3.70. The molecule has 0 aromatic carbocycles. The van der Waals surface area contributed by atoms with Gasteiger partial charge in [0.25, 0.3) is 0 Å². The molecule has 0 radical (unpaired) electrons. The number of pyridine rings is 2. The van der Waals surface area contributed by atoms with E-state index in [0.29, 0.717) is 25.5 Å². The van der Waals surface area contributed by atoms with Crippen LogP contribution in [0.5, 0.6) is 0 Å². The number of aromatic nitrogens is 2. The van der Waals surface area contributed by atoms with E-state index in [4.69, 9.17) is 4.74 Å². The molecule has 11 heteroatoms. The third kappa shape index (κ3) is 4.52. The predicted molar refractivity (Wildman–Crippen MR) is 124 cm³/mol. The zero-order valence-electron chi connectivity index (χ0n) is 18.3. The van der Waals surface area contributed by atoms with Crippen molar-refractivity contribution in [3.63, 3.8) is 0 Å². The van der Waals surface area contributed by atoms with Gasteiger partial charge in [-0.3, -0.25) is 9.88 Å². The zero-order chi connectivity index (χ0) is 23.5. The molecule has 0 spiro atoms. The van der Waals surface area contributed by atoms with Crippen LogP contribution in [0.15, 0.2) is 82.3 Å². The third-order valence-corrected chi connectivity index (χ3v) is 7.50. The Bertz CT molecular complexity index is 1260. The van der Waals surface area contributed by atoms with Gasteiger partial charge in [0, 0.05) is 44.1 Å². The van der Waals surface area contributed by atoms with Gasteiger partial charge in [-0.1, -0.05) is 0 Å². The van der Waals surface area contributed by atoms with Gasteiger partial charge in [0.15, 0.2) is 0 Å². The first kappa shape index (κ1) is 22.1. The lowest BCUT2D eigenvalue weighted by Gasteiger charge is -2.27. The van der Waals surface area contributed by atoms with Crippen molar-refractivity contribution in [2.75, 3.05) is 37.7 Å². The average molecular weight is 481 g/mol. The van der Waals surface area contributed by atoms with E-state index < -0.39 is 9.84 Å². The first-order valence-electron chi connectivity index (χ1n) is 10.9. The Morgan fingerprint density at radius 3 is 2.53 bits per heavy atom. The molecule has 5 heterocycles. The van der Waals surface area contributed by atoms with Crippen LogP contribution in [0.3, 0.4) is 0 Å². The first-order valence-corrected chi connectivity index (χ1v) is 12.4. The van der Waals surface area contributed by atoms with Crippen LogP contribution in [0.2, 0.25) is 0 Å². The lowest BCUT2D eigenvalue weighted by molar-refractivity contribution is 0.122. The number of carbonyl (C=O) groups excluding carboxylic acids is 1. The van der Waals surface area contributed by atoms with Crippen molar-refractivity contribution in [1.82, 2.24) is 25.5 Å². The van der Waals surface area contributed by atoms with Crippen molar-refractivity contribution in [3.8, 4) is 0 Å². The molecule has 2 N–H and O–H groups in total. The minimum atomic E-state index is -3.75. The van der Waals surface area contributed by atoms with Gasteiger partial charge < -0.3 is 20.3 Å². The normalized spacial score (nSPS) is 17.5. The number of rotatable bonds is 5. The topological polar surface area (TPSA) is 117 Å². The molecule has 0 unspecified atom stereocenters. The maximum Gasteiger partial charge on any atom is 0.322 e. The van der Waals surface area contributed by atoms with Gasteiger partial charge in [0.05, 0.1) is 41.8 Å². The smallest absolute Gasteiger partial charge is 0.322 e. The monoisotopic (exact) mass is 480 g/mol. The highest BCUT2D eigenvalue weighted by molar-refractivity contribution is 7.91. The molecule has 0 aliphatic carbocycles. The maximum absolute atomic E-state index is 13.0. The SMILES string of the molecule is O=C(NCc1ccc(S(=O)(=O)c2ccc(N3CCOCC3)nc2)cn1)N1C=C2C=CNC=C2C1.